The van der Waals surface area contributed by atoms with Crippen LogP contribution in [0.25, 0.3) is 0 Å². The Bertz CT molecular complexity index is 272. The molecule has 1 aromatic carbocycles. The third-order valence-electron chi connectivity index (χ3n) is 1.68. The number of carbonyl (C=O) groups excluding carboxylic acids is 1. The summed E-state index contributed by atoms with van der Waals surface area (Å²) < 4.78 is 4.92. The van der Waals surface area contributed by atoms with E-state index in [0.29, 0.717) is 6.42 Å². The molecular formula is C10H13NO2. The Kier molecular flexibility index (Phi) is 3.46. The molecule has 1 rings (SSSR count). The zero-order valence-corrected chi connectivity index (χ0v) is 7.57. The number of hydrogen-bond acceptors (Lipinski definition) is 3. The Morgan fingerprint density at radius 1 is 1.46 bits per heavy atom. The highest BCUT2D eigenvalue weighted by molar-refractivity contribution is 5.69. The van der Waals surface area contributed by atoms with Crippen molar-refractivity contribution in [1.29, 1.82) is 0 Å². The first-order valence-electron chi connectivity index (χ1n) is 4.24. The van der Waals surface area contributed by atoms with Crippen molar-refractivity contribution in [1.82, 2.24) is 0 Å². The van der Waals surface area contributed by atoms with Gasteiger partial charge in [0.2, 0.25) is 0 Å². The molecule has 0 saturated heterocycles. The summed E-state index contributed by atoms with van der Waals surface area (Å²) in [5, 5.41) is 0. The van der Waals surface area contributed by atoms with E-state index in [1.165, 1.54) is 0 Å². The van der Waals surface area contributed by atoms with Gasteiger partial charge in [0.1, 0.15) is 0 Å². The van der Waals surface area contributed by atoms with Gasteiger partial charge in [0.05, 0.1) is 0 Å². The first-order chi connectivity index (χ1) is 6.24. The average molecular weight is 179 g/mol. The lowest BCUT2D eigenvalue weighted by Crippen LogP contribution is -2.18. The van der Waals surface area contributed by atoms with Gasteiger partial charge in [-0.25, -0.2) is 0 Å². The first kappa shape index (κ1) is 9.74. The van der Waals surface area contributed by atoms with Crippen LogP contribution in [0.2, 0.25) is 0 Å². The minimum absolute atomic E-state index is 0.281. The molecule has 0 radical (unpaired) electrons. The fourth-order valence-corrected chi connectivity index (χ4v) is 0.936. The van der Waals surface area contributed by atoms with Crippen molar-refractivity contribution in [2.24, 2.45) is 5.73 Å². The Labute approximate surface area is 77.5 Å². The summed E-state index contributed by atoms with van der Waals surface area (Å²) in [6.07, 6.45) is -0.297. The first-order valence-corrected chi connectivity index (χ1v) is 4.24. The maximum atomic E-state index is 10.9. The summed E-state index contributed by atoms with van der Waals surface area (Å²) in [5.74, 6) is -0.281. The molecule has 0 unspecified atom stereocenters. The van der Waals surface area contributed by atoms with Gasteiger partial charge in [0.15, 0.2) is 6.23 Å². The van der Waals surface area contributed by atoms with Gasteiger partial charge in [-0.2, -0.15) is 0 Å². The van der Waals surface area contributed by atoms with Crippen LogP contribution in [0, 0.1) is 0 Å². The molecular weight excluding hydrogens is 166 g/mol. The Balaban J connectivity index is 2.59. The molecule has 1 aromatic rings. The number of nitrogens with two attached hydrogens (primary N) is 1. The number of benzene rings is 1. The highest BCUT2D eigenvalue weighted by Crippen LogP contribution is 2.11. The van der Waals surface area contributed by atoms with Crippen LogP contribution < -0.4 is 5.73 Å². The smallest absolute Gasteiger partial charge is 0.307 e. The molecule has 70 valence electrons. The molecule has 0 saturated carbocycles. The molecule has 0 aliphatic heterocycles. The third kappa shape index (κ3) is 2.87. The van der Waals surface area contributed by atoms with Gasteiger partial charge < -0.3 is 4.74 Å². The second-order valence-electron chi connectivity index (χ2n) is 2.67. The van der Waals surface area contributed by atoms with E-state index in [1.54, 1.807) is 6.92 Å². The average Bonchev–Trinajstić information content (AvgIpc) is 2.19. The van der Waals surface area contributed by atoms with Crippen molar-refractivity contribution in [3.63, 3.8) is 0 Å². The minimum atomic E-state index is -0.645. The number of rotatable bonds is 3. The van der Waals surface area contributed by atoms with Gasteiger partial charge >= 0.3 is 5.97 Å². The van der Waals surface area contributed by atoms with Gasteiger partial charge in [-0.15, -0.1) is 0 Å². The lowest BCUT2D eigenvalue weighted by atomic mass is 10.2. The highest BCUT2D eigenvalue weighted by atomic mass is 16.6. The molecule has 0 aliphatic carbocycles. The summed E-state index contributed by atoms with van der Waals surface area (Å²) in [5.41, 5.74) is 6.44. The van der Waals surface area contributed by atoms with Crippen LogP contribution >= 0.6 is 0 Å². The van der Waals surface area contributed by atoms with E-state index >= 15 is 0 Å². The monoisotopic (exact) mass is 179 g/mol. The predicted octanol–water partition coefficient (Wildman–Crippen LogP) is 1.60. The standard InChI is InChI=1S/C10H13NO2/c1-2-9(12)13-10(11)8-6-4-3-5-7-8/h3-7,10H,2,11H2,1H3/t10-/m0/s1. The summed E-state index contributed by atoms with van der Waals surface area (Å²) >= 11 is 0. The number of esters is 1. The van der Waals surface area contributed by atoms with Gasteiger partial charge in [-0.1, -0.05) is 37.3 Å². The van der Waals surface area contributed by atoms with Crippen LogP contribution in [0.15, 0.2) is 30.3 Å². The van der Waals surface area contributed by atoms with Crippen molar-refractivity contribution in [3.8, 4) is 0 Å². The van der Waals surface area contributed by atoms with E-state index in [4.69, 9.17) is 10.5 Å². The van der Waals surface area contributed by atoms with Crippen molar-refractivity contribution >= 4 is 5.97 Å². The fraction of sp³-hybridized carbons (Fsp3) is 0.300. The quantitative estimate of drug-likeness (QED) is 0.566. The van der Waals surface area contributed by atoms with E-state index in [0.717, 1.165) is 5.56 Å². The summed E-state index contributed by atoms with van der Waals surface area (Å²) in [6.45, 7) is 1.74. The van der Waals surface area contributed by atoms with Crippen LogP contribution in [0.5, 0.6) is 0 Å². The third-order valence-corrected chi connectivity index (χ3v) is 1.68. The van der Waals surface area contributed by atoms with E-state index in [9.17, 15) is 4.79 Å². The lowest BCUT2D eigenvalue weighted by molar-refractivity contribution is -0.148. The molecule has 2 N–H and O–H groups in total. The van der Waals surface area contributed by atoms with Crippen LogP contribution in [0.4, 0.5) is 0 Å². The lowest BCUT2D eigenvalue weighted by Gasteiger charge is -2.12. The van der Waals surface area contributed by atoms with Gasteiger partial charge in [-0.05, 0) is 0 Å². The van der Waals surface area contributed by atoms with Gasteiger partial charge in [0.25, 0.3) is 0 Å². The number of ether oxygens (including phenoxy) is 1. The summed E-state index contributed by atoms with van der Waals surface area (Å²) in [4.78, 5) is 10.9. The molecule has 0 aromatic heterocycles. The van der Waals surface area contributed by atoms with E-state index < -0.39 is 6.23 Å². The molecule has 3 heteroatoms. The fourth-order valence-electron chi connectivity index (χ4n) is 0.936. The molecule has 1 atom stereocenters. The van der Waals surface area contributed by atoms with Crippen LogP contribution in [0.3, 0.4) is 0 Å². The topological polar surface area (TPSA) is 52.3 Å². The highest BCUT2D eigenvalue weighted by Gasteiger charge is 2.08. The zero-order chi connectivity index (χ0) is 9.68. The molecule has 0 bridgehead atoms. The predicted molar refractivity (Wildman–Crippen MR) is 49.8 cm³/mol. The molecule has 0 spiro atoms. The Hall–Kier alpha value is -1.35. The molecule has 0 heterocycles. The molecule has 0 aliphatic rings. The van der Waals surface area contributed by atoms with Crippen LogP contribution in [-0.4, -0.2) is 5.97 Å². The van der Waals surface area contributed by atoms with Crippen LogP contribution in [0.1, 0.15) is 25.1 Å². The second-order valence-corrected chi connectivity index (χ2v) is 2.67. The largest absolute Gasteiger partial charge is 0.442 e. The number of carbonyl (C=O) groups is 1. The second kappa shape index (κ2) is 4.62. The van der Waals surface area contributed by atoms with Crippen molar-refractivity contribution in [3.05, 3.63) is 35.9 Å². The Morgan fingerprint density at radius 2 is 2.08 bits per heavy atom. The summed E-state index contributed by atoms with van der Waals surface area (Å²) in [6, 6.07) is 9.25. The maximum absolute atomic E-state index is 10.9. The van der Waals surface area contributed by atoms with Crippen LogP contribution in [-0.2, 0) is 9.53 Å². The maximum Gasteiger partial charge on any atom is 0.307 e. The molecule has 0 amide bonds. The van der Waals surface area contributed by atoms with Gasteiger partial charge in [-0.3, -0.25) is 10.5 Å². The number of hydrogen-bond donors (Lipinski definition) is 1. The Morgan fingerprint density at radius 3 is 2.62 bits per heavy atom. The van der Waals surface area contributed by atoms with Gasteiger partial charge in [0, 0.05) is 12.0 Å². The zero-order valence-electron chi connectivity index (χ0n) is 7.57. The van der Waals surface area contributed by atoms with Crippen molar-refractivity contribution in [2.75, 3.05) is 0 Å². The van der Waals surface area contributed by atoms with E-state index in [2.05, 4.69) is 0 Å². The minimum Gasteiger partial charge on any atom is -0.442 e. The van der Waals surface area contributed by atoms with Crippen molar-refractivity contribution in [2.45, 2.75) is 19.6 Å². The molecule has 0 fully saturated rings. The van der Waals surface area contributed by atoms with Crippen molar-refractivity contribution < 1.29 is 9.53 Å². The van der Waals surface area contributed by atoms with E-state index in [-0.39, 0.29) is 5.97 Å². The molecule has 13 heavy (non-hydrogen) atoms. The normalized spacial score (nSPS) is 12.2. The summed E-state index contributed by atoms with van der Waals surface area (Å²) in [7, 11) is 0. The molecule has 3 nitrogen and oxygen atoms in total. The SMILES string of the molecule is CCC(=O)O[C@H](N)c1ccccc1. The van der Waals surface area contributed by atoms with E-state index in [1.807, 2.05) is 30.3 Å².